The Bertz CT molecular complexity index is 3660. The minimum Gasteiger partial charge on any atom is -0.0616 e. The standard InChI is InChI=1S/C60H38/c1-2-16-41-34-42(31-30-39(41)14-1)43-32-33-56-58(37-43)60(48-22-12-20-45(36-48)57-38-46-17-4-6-24-51(46)52-25-7-8-26-53(52)57)55-28-10-9-27-54(55)59(56)47-21-11-19-44(35-47)50-29-13-18-40-15-3-5-23-49(40)50/h1-38H. The Morgan fingerprint density at radius 3 is 1.40 bits per heavy atom. The molecular weight excluding hydrogens is 721 g/mol. The first kappa shape index (κ1) is 34.3. The fourth-order valence-corrected chi connectivity index (χ4v) is 9.80. The lowest BCUT2D eigenvalue weighted by Crippen LogP contribution is -1.93. The van der Waals surface area contributed by atoms with Crippen LogP contribution in [-0.4, -0.2) is 0 Å². The van der Waals surface area contributed by atoms with E-state index in [0.29, 0.717) is 0 Å². The lowest BCUT2D eigenvalue weighted by Gasteiger charge is -2.20. The quantitative estimate of drug-likeness (QED) is 0.121. The van der Waals surface area contributed by atoms with Crippen molar-refractivity contribution in [3.63, 3.8) is 0 Å². The van der Waals surface area contributed by atoms with Crippen LogP contribution < -0.4 is 0 Å². The van der Waals surface area contributed by atoms with Gasteiger partial charge < -0.3 is 0 Å². The van der Waals surface area contributed by atoms with E-state index >= 15 is 0 Å². The molecule has 0 heteroatoms. The SMILES string of the molecule is c1cc(-c2cccc3ccccc23)cc(-c2c3ccccc3c(-c3cccc(-c4cc5ccccc5c5ccccc45)c3)c3cc(-c4ccc5ccccc5c4)ccc23)c1. The van der Waals surface area contributed by atoms with Crippen LogP contribution in [0.5, 0.6) is 0 Å². The van der Waals surface area contributed by atoms with Crippen LogP contribution >= 0.6 is 0 Å². The largest absolute Gasteiger partial charge is 0.0616 e. The Morgan fingerprint density at radius 2 is 0.650 bits per heavy atom. The number of hydrogen-bond acceptors (Lipinski definition) is 0. The van der Waals surface area contributed by atoms with Crippen LogP contribution in [0.1, 0.15) is 0 Å². The highest BCUT2D eigenvalue weighted by molar-refractivity contribution is 6.22. The summed E-state index contributed by atoms with van der Waals surface area (Å²) in [4.78, 5) is 0. The van der Waals surface area contributed by atoms with Crippen molar-refractivity contribution in [3.8, 4) is 55.6 Å². The first-order chi connectivity index (χ1) is 29.7. The number of hydrogen-bond donors (Lipinski definition) is 0. The van der Waals surface area contributed by atoms with Gasteiger partial charge in [-0.15, -0.1) is 0 Å². The molecule has 0 saturated carbocycles. The highest BCUT2D eigenvalue weighted by Gasteiger charge is 2.19. The van der Waals surface area contributed by atoms with E-state index in [0.717, 1.165) is 0 Å². The fourth-order valence-electron chi connectivity index (χ4n) is 9.80. The first-order valence-corrected chi connectivity index (χ1v) is 20.8. The summed E-state index contributed by atoms with van der Waals surface area (Å²) in [7, 11) is 0. The fraction of sp³-hybridized carbons (Fsp3) is 0. The molecule has 0 heterocycles. The maximum absolute atomic E-state index is 2.44. The van der Waals surface area contributed by atoms with E-state index in [-0.39, 0.29) is 0 Å². The highest BCUT2D eigenvalue weighted by atomic mass is 14.2. The zero-order valence-corrected chi connectivity index (χ0v) is 32.9. The Labute approximate surface area is 349 Å². The van der Waals surface area contributed by atoms with Crippen molar-refractivity contribution in [3.05, 3.63) is 231 Å². The molecule has 0 nitrogen and oxygen atoms in total. The number of fused-ring (bicyclic) bond motifs is 7. The third-order valence-corrected chi connectivity index (χ3v) is 12.6. The summed E-state index contributed by atoms with van der Waals surface area (Å²) in [6.07, 6.45) is 0. The zero-order chi connectivity index (χ0) is 39.6. The summed E-state index contributed by atoms with van der Waals surface area (Å²) in [5, 5.41) is 15.1. The molecule has 0 aliphatic carbocycles. The number of rotatable bonds is 5. The maximum Gasteiger partial charge on any atom is -0.00259 e. The second-order valence-corrected chi connectivity index (χ2v) is 16.0. The zero-order valence-electron chi connectivity index (χ0n) is 32.9. The van der Waals surface area contributed by atoms with E-state index in [1.807, 2.05) is 0 Å². The van der Waals surface area contributed by atoms with Crippen molar-refractivity contribution in [2.24, 2.45) is 0 Å². The summed E-state index contributed by atoms with van der Waals surface area (Å²) in [6, 6.07) is 85.3. The molecular formula is C60H38. The van der Waals surface area contributed by atoms with Crippen LogP contribution in [0, 0.1) is 0 Å². The third kappa shape index (κ3) is 5.61. The molecule has 12 aromatic carbocycles. The van der Waals surface area contributed by atoms with Crippen LogP contribution in [0.4, 0.5) is 0 Å². The molecule has 12 aromatic rings. The Morgan fingerprint density at radius 1 is 0.167 bits per heavy atom. The lowest BCUT2D eigenvalue weighted by molar-refractivity contribution is 1.62. The molecule has 0 fully saturated rings. The molecule has 0 aliphatic heterocycles. The molecule has 0 unspecified atom stereocenters. The summed E-state index contributed by atoms with van der Waals surface area (Å²) in [5.74, 6) is 0. The molecule has 0 aromatic heterocycles. The van der Waals surface area contributed by atoms with Gasteiger partial charge in [-0.25, -0.2) is 0 Å². The van der Waals surface area contributed by atoms with Crippen LogP contribution in [0.3, 0.4) is 0 Å². The molecule has 0 bridgehead atoms. The molecule has 0 saturated heterocycles. The van der Waals surface area contributed by atoms with Gasteiger partial charge in [0.2, 0.25) is 0 Å². The Balaban J connectivity index is 1.13. The van der Waals surface area contributed by atoms with Crippen molar-refractivity contribution in [1.29, 1.82) is 0 Å². The predicted octanol–water partition coefficient (Wildman–Crippen LogP) is 16.9. The monoisotopic (exact) mass is 758 g/mol. The molecule has 278 valence electrons. The van der Waals surface area contributed by atoms with Gasteiger partial charge in [0.15, 0.2) is 0 Å². The van der Waals surface area contributed by atoms with Crippen LogP contribution in [0.25, 0.3) is 120 Å². The van der Waals surface area contributed by atoms with Gasteiger partial charge in [-0.3, -0.25) is 0 Å². The minimum atomic E-state index is 1.21. The van der Waals surface area contributed by atoms with E-state index in [1.165, 1.54) is 120 Å². The minimum absolute atomic E-state index is 1.21. The average Bonchev–Trinajstić information content (AvgIpc) is 3.32. The van der Waals surface area contributed by atoms with E-state index in [4.69, 9.17) is 0 Å². The van der Waals surface area contributed by atoms with Gasteiger partial charge in [-0.2, -0.15) is 0 Å². The molecule has 0 aliphatic rings. The smallest absolute Gasteiger partial charge is 0.00259 e. The van der Waals surface area contributed by atoms with E-state index in [9.17, 15) is 0 Å². The average molecular weight is 759 g/mol. The summed E-state index contributed by atoms with van der Waals surface area (Å²) in [5.41, 5.74) is 12.3. The Hall–Kier alpha value is -7.80. The van der Waals surface area contributed by atoms with Gasteiger partial charge in [0.05, 0.1) is 0 Å². The molecule has 60 heavy (non-hydrogen) atoms. The van der Waals surface area contributed by atoms with E-state index in [1.54, 1.807) is 0 Å². The van der Waals surface area contributed by atoms with Crippen LogP contribution in [0.2, 0.25) is 0 Å². The maximum atomic E-state index is 2.44. The number of benzene rings is 12. The van der Waals surface area contributed by atoms with E-state index < -0.39 is 0 Å². The second kappa shape index (κ2) is 13.9. The molecule has 0 N–H and O–H groups in total. The summed E-state index contributed by atoms with van der Waals surface area (Å²) >= 11 is 0. The summed E-state index contributed by atoms with van der Waals surface area (Å²) in [6.45, 7) is 0. The lowest BCUT2D eigenvalue weighted by atomic mass is 9.83. The van der Waals surface area contributed by atoms with E-state index in [2.05, 4.69) is 231 Å². The van der Waals surface area contributed by atoms with Crippen molar-refractivity contribution in [2.75, 3.05) is 0 Å². The van der Waals surface area contributed by atoms with Crippen molar-refractivity contribution in [2.45, 2.75) is 0 Å². The molecule has 0 amide bonds. The summed E-state index contributed by atoms with van der Waals surface area (Å²) < 4.78 is 0. The molecule has 0 atom stereocenters. The van der Waals surface area contributed by atoms with Gasteiger partial charge >= 0.3 is 0 Å². The van der Waals surface area contributed by atoms with Gasteiger partial charge in [-0.05, 0) is 151 Å². The van der Waals surface area contributed by atoms with Crippen molar-refractivity contribution in [1.82, 2.24) is 0 Å². The van der Waals surface area contributed by atoms with Crippen molar-refractivity contribution >= 4 is 64.6 Å². The molecule has 0 spiro atoms. The predicted molar refractivity (Wildman–Crippen MR) is 259 cm³/mol. The normalized spacial score (nSPS) is 11.7. The van der Waals surface area contributed by atoms with Gasteiger partial charge in [0.25, 0.3) is 0 Å². The Kier molecular flexibility index (Phi) is 7.96. The van der Waals surface area contributed by atoms with Gasteiger partial charge in [0, 0.05) is 0 Å². The molecule has 0 radical (unpaired) electrons. The highest BCUT2D eigenvalue weighted by Crippen LogP contribution is 2.47. The molecule has 12 rings (SSSR count). The second-order valence-electron chi connectivity index (χ2n) is 16.0. The van der Waals surface area contributed by atoms with Crippen LogP contribution in [0.15, 0.2) is 231 Å². The van der Waals surface area contributed by atoms with Crippen molar-refractivity contribution < 1.29 is 0 Å². The first-order valence-electron chi connectivity index (χ1n) is 20.8. The van der Waals surface area contributed by atoms with Gasteiger partial charge in [-0.1, -0.05) is 200 Å². The third-order valence-electron chi connectivity index (χ3n) is 12.6. The van der Waals surface area contributed by atoms with Gasteiger partial charge in [0.1, 0.15) is 0 Å². The van der Waals surface area contributed by atoms with Crippen LogP contribution in [-0.2, 0) is 0 Å². The topological polar surface area (TPSA) is 0 Å².